The van der Waals surface area contributed by atoms with E-state index in [9.17, 15) is 19.2 Å². The molecule has 0 spiro atoms. The Labute approximate surface area is 158 Å². The van der Waals surface area contributed by atoms with Crippen molar-refractivity contribution in [3.8, 4) is 0 Å². The molecule has 3 amide bonds. The molecule has 1 saturated heterocycles. The van der Waals surface area contributed by atoms with Crippen LogP contribution in [-0.4, -0.2) is 72.9 Å². The summed E-state index contributed by atoms with van der Waals surface area (Å²) < 4.78 is 10.0. The highest BCUT2D eigenvalue weighted by Gasteiger charge is 2.38. The van der Waals surface area contributed by atoms with Crippen LogP contribution in [0.15, 0.2) is 12.1 Å². The van der Waals surface area contributed by atoms with Crippen LogP contribution in [0.3, 0.4) is 0 Å². The molecule has 0 aliphatic carbocycles. The maximum atomic E-state index is 12.3. The minimum Gasteiger partial charge on any atom is -0.454 e. The Hall–Kier alpha value is -2.16. The zero-order valence-corrected chi connectivity index (χ0v) is 15.0. The molecule has 1 aromatic carbocycles. The monoisotopic (exact) mass is 400 g/mol. The summed E-state index contributed by atoms with van der Waals surface area (Å²) in [6.45, 7) is 0.657. The van der Waals surface area contributed by atoms with Crippen molar-refractivity contribution < 1.29 is 28.7 Å². The van der Waals surface area contributed by atoms with Gasteiger partial charge < -0.3 is 14.4 Å². The zero-order valence-electron chi connectivity index (χ0n) is 13.5. The van der Waals surface area contributed by atoms with Crippen LogP contribution in [0.2, 0.25) is 10.0 Å². The molecule has 0 radical (unpaired) electrons. The second kappa shape index (κ2) is 7.61. The highest BCUT2D eigenvalue weighted by atomic mass is 35.5. The van der Waals surface area contributed by atoms with Crippen LogP contribution in [0.5, 0.6) is 0 Å². The van der Waals surface area contributed by atoms with Gasteiger partial charge in [-0.3, -0.25) is 24.1 Å². The Morgan fingerprint density at radius 2 is 1.58 bits per heavy atom. The van der Waals surface area contributed by atoms with E-state index < -0.39 is 30.9 Å². The average Bonchev–Trinajstić information content (AvgIpc) is 2.85. The first-order valence-corrected chi connectivity index (χ1v) is 8.50. The molecule has 0 saturated carbocycles. The topological polar surface area (TPSA) is 93.2 Å². The number of carbonyl (C=O) groups excluding carboxylic acids is 4. The summed E-state index contributed by atoms with van der Waals surface area (Å²) >= 11 is 11.7. The smallest absolute Gasteiger partial charge is 0.326 e. The molecule has 0 N–H and O–H groups in total. The highest BCUT2D eigenvalue weighted by molar-refractivity contribution is 6.43. The zero-order chi connectivity index (χ0) is 18.8. The van der Waals surface area contributed by atoms with E-state index in [1.54, 1.807) is 0 Å². The number of morpholine rings is 1. The molecular formula is C16H14Cl2N2O6. The van der Waals surface area contributed by atoms with Gasteiger partial charge >= 0.3 is 5.97 Å². The van der Waals surface area contributed by atoms with E-state index in [-0.39, 0.29) is 27.1 Å². The van der Waals surface area contributed by atoms with Gasteiger partial charge in [0.25, 0.3) is 17.7 Å². The van der Waals surface area contributed by atoms with E-state index in [2.05, 4.69) is 0 Å². The van der Waals surface area contributed by atoms with Gasteiger partial charge in [0.1, 0.15) is 6.54 Å². The Morgan fingerprint density at radius 3 is 2.12 bits per heavy atom. The number of benzene rings is 1. The highest BCUT2D eigenvalue weighted by Crippen LogP contribution is 2.31. The largest absolute Gasteiger partial charge is 0.454 e. The third kappa shape index (κ3) is 3.67. The molecule has 2 aliphatic rings. The Balaban J connectivity index is 1.59. The average molecular weight is 401 g/mol. The van der Waals surface area contributed by atoms with Gasteiger partial charge in [-0.2, -0.15) is 0 Å². The van der Waals surface area contributed by atoms with Crippen LogP contribution in [-0.2, 0) is 19.1 Å². The molecule has 8 nitrogen and oxygen atoms in total. The molecule has 1 fully saturated rings. The number of imide groups is 1. The predicted molar refractivity (Wildman–Crippen MR) is 90.2 cm³/mol. The minimum atomic E-state index is -0.863. The fourth-order valence-electron chi connectivity index (χ4n) is 2.65. The van der Waals surface area contributed by atoms with Crippen molar-refractivity contribution >= 4 is 46.9 Å². The summed E-state index contributed by atoms with van der Waals surface area (Å²) in [5, 5.41) is 0.263. The molecule has 0 atom stereocenters. The van der Waals surface area contributed by atoms with Gasteiger partial charge in [0.15, 0.2) is 6.61 Å². The lowest BCUT2D eigenvalue weighted by molar-refractivity contribution is -0.153. The van der Waals surface area contributed by atoms with Gasteiger partial charge in [-0.1, -0.05) is 23.2 Å². The maximum absolute atomic E-state index is 12.3. The molecule has 1 aromatic rings. The van der Waals surface area contributed by atoms with E-state index >= 15 is 0 Å². The standard InChI is InChI=1S/C16H14Cl2N2O6/c17-11-5-9-10(6-12(11)18)16(24)20(15(9)23)7-14(22)26-8-13(21)19-1-3-25-4-2-19/h5-6H,1-4,7-8H2. The fourth-order valence-corrected chi connectivity index (χ4v) is 2.98. The maximum Gasteiger partial charge on any atom is 0.326 e. The van der Waals surface area contributed by atoms with Gasteiger partial charge in [0.2, 0.25) is 0 Å². The first-order valence-electron chi connectivity index (χ1n) is 7.75. The molecular weight excluding hydrogens is 387 g/mol. The lowest BCUT2D eigenvalue weighted by atomic mass is 10.1. The number of rotatable bonds is 4. The Bertz CT molecular complexity index is 750. The van der Waals surface area contributed by atoms with Crippen molar-refractivity contribution in [2.24, 2.45) is 0 Å². The third-order valence-electron chi connectivity index (χ3n) is 4.02. The van der Waals surface area contributed by atoms with Crippen LogP contribution in [0.1, 0.15) is 20.7 Å². The van der Waals surface area contributed by atoms with Crippen molar-refractivity contribution in [2.45, 2.75) is 0 Å². The Morgan fingerprint density at radius 1 is 1.04 bits per heavy atom. The summed E-state index contributed by atoms with van der Waals surface area (Å²) in [5.41, 5.74) is 0.142. The molecule has 3 rings (SSSR count). The molecule has 138 valence electrons. The second-order valence-corrected chi connectivity index (χ2v) is 6.48. The number of carbonyl (C=O) groups is 4. The number of esters is 1. The van der Waals surface area contributed by atoms with E-state index in [4.69, 9.17) is 32.7 Å². The molecule has 2 aliphatic heterocycles. The van der Waals surface area contributed by atoms with E-state index in [0.29, 0.717) is 26.3 Å². The number of fused-ring (bicyclic) bond motifs is 1. The van der Waals surface area contributed by atoms with Crippen molar-refractivity contribution in [2.75, 3.05) is 39.5 Å². The molecule has 0 unspecified atom stereocenters. The molecule has 10 heteroatoms. The van der Waals surface area contributed by atoms with Crippen LogP contribution < -0.4 is 0 Å². The van der Waals surface area contributed by atoms with Crippen molar-refractivity contribution in [1.82, 2.24) is 9.80 Å². The quantitative estimate of drug-likeness (QED) is 0.552. The first kappa shape index (κ1) is 18.6. The lowest BCUT2D eigenvalue weighted by Gasteiger charge is -2.26. The summed E-state index contributed by atoms with van der Waals surface area (Å²) in [6, 6.07) is 2.57. The van der Waals surface area contributed by atoms with Crippen LogP contribution in [0, 0.1) is 0 Å². The summed E-state index contributed by atoms with van der Waals surface area (Å²) in [4.78, 5) is 50.7. The number of amides is 3. The van der Waals surface area contributed by atoms with Gasteiger partial charge in [-0.05, 0) is 12.1 Å². The van der Waals surface area contributed by atoms with Crippen LogP contribution >= 0.6 is 23.2 Å². The molecule has 0 aromatic heterocycles. The predicted octanol–water partition coefficient (Wildman–Crippen LogP) is 0.991. The number of hydrogen-bond acceptors (Lipinski definition) is 6. The number of ether oxygens (including phenoxy) is 2. The van der Waals surface area contributed by atoms with Gasteiger partial charge in [-0.25, -0.2) is 0 Å². The first-order chi connectivity index (χ1) is 12.4. The van der Waals surface area contributed by atoms with Gasteiger partial charge in [0.05, 0.1) is 34.4 Å². The van der Waals surface area contributed by atoms with Crippen molar-refractivity contribution in [3.63, 3.8) is 0 Å². The number of nitrogens with zero attached hydrogens (tertiary/aromatic N) is 2. The Kier molecular flexibility index (Phi) is 5.45. The molecule has 2 heterocycles. The third-order valence-corrected chi connectivity index (χ3v) is 4.74. The number of hydrogen-bond donors (Lipinski definition) is 0. The molecule has 26 heavy (non-hydrogen) atoms. The van der Waals surface area contributed by atoms with Crippen LogP contribution in [0.25, 0.3) is 0 Å². The summed E-state index contributed by atoms with van der Waals surface area (Å²) in [5.74, 6) is -2.55. The van der Waals surface area contributed by atoms with E-state index in [1.807, 2.05) is 0 Å². The van der Waals surface area contributed by atoms with E-state index in [0.717, 1.165) is 4.90 Å². The fraction of sp³-hybridized carbons (Fsp3) is 0.375. The normalized spacial score (nSPS) is 16.7. The van der Waals surface area contributed by atoms with Gasteiger partial charge in [0, 0.05) is 13.1 Å². The number of halogens is 2. The van der Waals surface area contributed by atoms with E-state index in [1.165, 1.54) is 17.0 Å². The SMILES string of the molecule is O=C(CN1C(=O)c2cc(Cl)c(Cl)cc2C1=O)OCC(=O)N1CCOCC1. The second-order valence-electron chi connectivity index (χ2n) is 5.66. The lowest BCUT2D eigenvalue weighted by Crippen LogP contribution is -2.43. The van der Waals surface area contributed by atoms with Gasteiger partial charge in [-0.15, -0.1) is 0 Å². The summed E-state index contributed by atoms with van der Waals surface area (Å²) in [7, 11) is 0. The van der Waals surface area contributed by atoms with Crippen molar-refractivity contribution in [3.05, 3.63) is 33.3 Å². The minimum absolute atomic E-state index is 0.0709. The van der Waals surface area contributed by atoms with Crippen molar-refractivity contribution in [1.29, 1.82) is 0 Å². The summed E-state index contributed by atoms with van der Waals surface area (Å²) in [6.07, 6.45) is 0. The van der Waals surface area contributed by atoms with Crippen LogP contribution in [0.4, 0.5) is 0 Å². The molecule has 0 bridgehead atoms.